The lowest BCUT2D eigenvalue weighted by Crippen LogP contribution is -2.15. The minimum atomic E-state index is -2.83. The molecule has 0 fully saturated rings. The highest BCUT2D eigenvalue weighted by Gasteiger charge is 2.15. The second-order valence-electron chi connectivity index (χ2n) is 3.81. The van der Waals surface area contributed by atoms with E-state index in [1.165, 1.54) is 6.07 Å². The number of alkyl halides is 2. The van der Waals surface area contributed by atoms with Crippen molar-refractivity contribution in [3.8, 4) is 5.75 Å². The van der Waals surface area contributed by atoms with Crippen molar-refractivity contribution in [1.29, 1.82) is 0 Å². The molecule has 5 heteroatoms. The Bertz CT molecular complexity index is 487. The number of hydrogen-bond donors (Lipinski definition) is 1. The van der Waals surface area contributed by atoms with Gasteiger partial charge in [0.2, 0.25) is 0 Å². The predicted molar refractivity (Wildman–Crippen MR) is 68.0 cm³/mol. The van der Waals surface area contributed by atoms with Gasteiger partial charge in [-0.25, -0.2) is 0 Å². The van der Waals surface area contributed by atoms with Crippen LogP contribution < -0.4 is 10.5 Å². The van der Waals surface area contributed by atoms with Crippen LogP contribution >= 0.6 is 11.3 Å². The van der Waals surface area contributed by atoms with Gasteiger partial charge in [0.15, 0.2) is 0 Å². The Hall–Kier alpha value is -1.46. The Balaban J connectivity index is 2.16. The molecule has 1 aromatic carbocycles. The normalized spacial score (nSPS) is 12.7. The zero-order chi connectivity index (χ0) is 13.0. The molecule has 1 atom stereocenters. The average molecular weight is 269 g/mol. The van der Waals surface area contributed by atoms with Gasteiger partial charge in [-0.1, -0.05) is 24.3 Å². The summed E-state index contributed by atoms with van der Waals surface area (Å²) in [6.45, 7) is -2.83. The maximum absolute atomic E-state index is 12.3. The Morgan fingerprint density at radius 3 is 2.61 bits per heavy atom. The van der Waals surface area contributed by atoms with E-state index < -0.39 is 6.61 Å². The van der Waals surface area contributed by atoms with Gasteiger partial charge in [0.1, 0.15) is 5.75 Å². The third-order valence-corrected chi connectivity index (χ3v) is 3.43. The van der Waals surface area contributed by atoms with E-state index in [0.29, 0.717) is 12.0 Å². The summed E-state index contributed by atoms with van der Waals surface area (Å²) in [6, 6.07) is 10.2. The molecule has 0 bridgehead atoms. The van der Waals surface area contributed by atoms with Gasteiger partial charge in [-0.15, -0.1) is 11.3 Å². The van der Waals surface area contributed by atoms with Crippen LogP contribution in [-0.2, 0) is 6.42 Å². The summed E-state index contributed by atoms with van der Waals surface area (Å²) in [4.78, 5) is 1.12. The molecule has 2 N–H and O–H groups in total. The number of benzene rings is 1. The fourth-order valence-corrected chi connectivity index (χ4v) is 2.51. The highest BCUT2D eigenvalue weighted by Crippen LogP contribution is 2.28. The molecule has 2 nitrogen and oxygen atoms in total. The van der Waals surface area contributed by atoms with E-state index in [4.69, 9.17) is 5.73 Å². The van der Waals surface area contributed by atoms with Crippen LogP contribution in [0, 0.1) is 0 Å². The number of hydrogen-bond acceptors (Lipinski definition) is 3. The van der Waals surface area contributed by atoms with Gasteiger partial charge >= 0.3 is 6.61 Å². The number of rotatable bonds is 5. The van der Waals surface area contributed by atoms with Crippen LogP contribution in [0.4, 0.5) is 8.78 Å². The molecule has 0 saturated carbocycles. The average Bonchev–Trinajstić information content (AvgIpc) is 2.81. The van der Waals surface area contributed by atoms with E-state index in [-0.39, 0.29) is 11.8 Å². The Kier molecular flexibility index (Phi) is 4.28. The molecule has 0 radical (unpaired) electrons. The molecular weight excluding hydrogens is 256 g/mol. The molecule has 1 aromatic heterocycles. The summed E-state index contributed by atoms with van der Waals surface area (Å²) in [5.41, 5.74) is 6.65. The molecule has 0 aliphatic heterocycles. The third-order valence-electron chi connectivity index (χ3n) is 2.54. The van der Waals surface area contributed by atoms with Crippen LogP contribution in [0.1, 0.15) is 16.5 Å². The Labute approximate surface area is 108 Å². The highest BCUT2D eigenvalue weighted by atomic mass is 32.1. The quantitative estimate of drug-likeness (QED) is 0.900. The third kappa shape index (κ3) is 3.27. The van der Waals surface area contributed by atoms with E-state index in [1.54, 1.807) is 29.5 Å². The molecule has 0 spiro atoms. The van der Waals surface area contributed by atoms with Crippen LogP contribution in [0.2, 0.25) is 0 Å². The van der Waals surface area contributed by atoms with E-state index in [2.05, 4.69) is 4.74 Å². The molecule has 2 aromatic rings. The van der Waals surface area contributed by atoms with Crippen molar-refractivity contribution >= 4 is 11.3 Å². The summed E-state index contributed by atoms with van der Waals surface area (Å²) in [6.07, 6.45) is 0.612. The van der Waals surface area contributed by atoms with E-state index in [0.717, 1.165) is 4.88 Å². The predicted octanol–water partition coefficient (Wildman–Crippen LogP) is 3.59. The van der Waals surface area contributed by atoms with Crippen molar-refractivity contribution in [2.75, 3.05) is 0 Å². The van der Waals surface area contributed by atoms with Gasteiger partial charge in [0.05, 0.1) is 0 Å². The monoisotopic (exact) mass is 269 g/mol. The van der Waals surface area contributed by atoms with Gasteiger partial charge in [-0.05, 0) is 17.5 Å². The lowest BCUT2D eigenvalue weighted by molar-refractivity contribution is -0.0506. The first-order valence-electron chi connectivity index (χ1n) is 5.48. The number of thiophene rings is 1. The molecule has 1 unspecified atom stereocenters. The number of ether oxygens (including phenoxy) is 1. The van der Waals surface area contributed by atoms with Gasteiger partial charge < -0.3 is 10.5 Å². The fourth-order valence-electron chi connectivity index (χ4n) is 1.75. The molecule has 0 aliphatic rings. The summed E-state index contributed by atoms with van der Waals surface area (Å²) < 4.78 is 29.0. The van der Waals surface area contributed by atoms with E-state index in [1.807, 2.05) is 17.5 Å². The van der Waals surface area contributed by atoms with Gasteiger partial charge in [-0.3, -0.25) is 0 Å². The number of para-hydroxylation sites is 1. The molecule has 18 heavy (non-hydrogen) atoms. The topological polar surface area (TPSA) is 35.2 Å². The molecular formula is C13H13F2NOS. The van der Waals surface area contributed by atoms with Crippen molar-refractivity contribution < 1.29 is 13.5 Å². The second kappa shape index (κ2) is 5.93. The van der Waals surface area contributed by atoms with Crippen LogP contribution in [0.25, 0.3) is 0 Å². The maximum Gasteiger partial charge on any atom is 0.387 e. The molecule has 0 amide bonds. The standard InChI is InChI=1S/C13H13F2NOS/c14-13(15)17-12-6-2-1-5-10(12)11(16)8-9-4-3-7-18-9/h1-7,11,13H,8,16H2. The molecule has 2 rings (SSSR count). The first-order valence-corrected chi connectivity index (χ1v) is 6.36. The summed E-state index contributed by atoms with van der Waals surface area (Å²) >= 11 is 1.60. The summed E-state index contributed by atoms with van der Waals surface area (Å²) in [5, 5.41) is 1.96. The Morgan fingerprint density at radius 1 is 1.17 bits per heavy atom. The van der Waals surface area contributed by atoms with E-state index >= 15 is 0 Å². The van der Waals surface area contributed by atoms with Crippen molar-refractivity contribution in [2.24, 2.45) is 5.73 Å². The summed E-state index contributed by atoms with van der Waals surface area (Å²) in [7, 11) is 0. The smallest absolute Gasteiger partial charge is 0.387 e. The minimum Gasteiger partial charge on any atom is -0.434 e. The van der Waals surface area contributed by atoms with Crippen LogP contribution in [0.15, 0.2) is 41.8 Å². The fraction of sp³-hybridized carbons (Fsp3) is 0.231. The van der Waals surface area contributed by atoms with Crippen LogP contribution in [-0.4, -0.2) is 6.61 Å². The zero-order valence-corrected chi connectivity index (χ0v) is 10.4. The first-order chi connectivity index (χ1) is 8.66. The van der Waals surface area contributed by atoms with Crippen molar-refractivity contribution in [1.82, 2.24) is 0 Å². The Morgan fingerprint density at radius 2 is 1.94 bits per heavy atom. The SMILES string of the molecule is NC(Cc1cccs1)c1ccccc1OC(F)F. The van der Waals surface area contributed by atoms with Crippen molar-refractivity contribution in [2.45, 2.75) is 19.1 Å². The zero-order valence-electron chi connectivity index (χ0n) is 9.55. The van der Waals surface area contributed by atoms with Crippen LogP contribution in [0.5, 0.6) is 5.75 Å². The lowest BCUT2D eigenvalue weighted by Gasteiger charge is -2.15. The molecule has 0 aliphatic carbocycles. The molecule has 96 valence electrons. The number of halogens is 2. The van der Waals surface area contributed by atoms with Gasteiger partial charge in [0.25, 0.3) is 0 Å². The van der Waals surface area contributed by atoms with Gasteiger partial charge in [0, 0.05) is 22.9 Å². The lowest BCUT2D eigenvalue weighted by atomic mass is 10.0. The number of nitrogens with two attached hydrogens (primary N) is 1. The molecule has 1 heterocycles. The van der Waals surface area contributed by atoms with E-state index in [9.17, 15) is 8.78 Å². The largest absolute Gasteiger partial charge is 0.434 e. The maximum atomic E-state index is 12.3. The highest BCUT2D eigenvalue weighted by molar-refractivity contribution is 7.09. The summed E-state index contributed by atoms with van der Waals surface area (Å²) in [5.74, 6) is 0.150. The second-order valence-corrected chi connectivity index (χ2v) is 4.84. The first kappa shape index (κ1) is 13.0. The minimum absolute atomic E-state index is 0.150. The van der Waals surface area contributed by atoms with Crippen molar-refractivity contribution in [3.05, 3.63) is 52.2 Å². The van der Waals surface area contributed by atoms with Crippen LogP contribution in [0.3, 0.4) is 0 Å². The molecule has 0 saturated heterocycles. The van der Waals surface area contributed by atoms with Gasteiger partial charge in [-0.2, -0.15) is 8.78 Å². The van der Waals surface area contributed by atoms with Crippen molar-refractivity contribution in [3.63, 3.8) is 0 Å².